The largest absolute Gasteiger partial charge is 0.394 e. The summed E-state index contributed by atoms with van der Waals surface area (Å²) in [6, 6.07) is 7.15. The van der Waals surface area contributed by atoms with Gasteiger partial charge in [-0.05, 0) is 31.0 Å². The number of benzene rings is 1. The molecule has 0 bridgehead atoms. The van der Waals surface area contributed by atoms with Gasteiger partial charge in [-0.1, -0.05) is 6.07 Å². The molecule has 8 heteroatoms. The van der Waals surface area contributed by atoms with Crippen LogP contribution in [-0.2, 0) is 0 Å². The fourth-order valence-corrected chi connectivity index (χ4v) is 2.80. The number of aliphatic hydroxyl groups is 1. The zero-order valence-corrected chi connectivity index (χ0v) is 13.9. The van der Waals surface area contributed by atoms with Gasteiger partial charge in [-0.3, -0.25) is 0 Å². The summed E-state index contributed by atoms with van der Waals surface area (Å²) in [5, 5.41) is 16.6. The second-order valence-electron chi connectivity index (χ2n) is 6.04. The average Bonchev–Trinajstić information content (AvgIpc) is 3.24. The second kappa shape index (κ2) is 6.88. The van der Waals surface area contributed by atoms with E-state index in [1.165, 1.54) is 0 Å². The molecule has 0 radical (unpaired) electrons. The first-order valence-electron chi connectivity index (χ1n) is 7.96. The number of nitrogens with zero attached hydrogens (tertiary/aromatic N) is 5. The minimum absolute atomic E-state index is 0.000269. The maximum absolute atomic E-state index is 12.4. The lowest BCUT2D eigenvalue weighted by molar-refractivity contribution is 0.166. The van der Waals surface area contributed by atoms with Crippen molar-refractivity contribution in [1.29, 1.82) is 0 Å². The average molecular weight is 330 g/mol. The van der Waals surface area contributed by atoms with Crippen LogP contribution in [0.1, 0.15) is 12.8 Å². The SMILES string of the molecule is CN(C)c1ncn(-c2cccc(NC(=O)N3CCC[C@@H]3CO)c2)n1. The number of anilines is 2. The van der Waals surface area contributed by atoms with Crippen LogP contribution in [0.5, 0.6) is 0 Å². The zero-order valence-electron chi connectivity index (χ0n) is 13.9. The van der Waals surface area contributed by atoms with E-state index < -0.39 is 0 Å². The van der Waals surface area contributed by atoms with Crippen molar-refractivity contribution < 1.29 is 9.90 Å². The van der Waals surface area contributed by atoms with Crippen LogP contribution in [0.2, 0.25) is 0 Å². The summed E-state index contributed by atoms with van der Waals surface area (Å²) in [7, 11) is 3.76. The van der Waals surface area contributed by atoms with Crippen molar-refractivity contribution >= 4 is 17.7 Å². The summed E-state index contributed by atoms with van der Waals surface area (Å²) in [5.74, 6) is 0.618. The molecular formula is C16H22N6O2. The predicted octanol–water partition coefficient (Wildman–Crippen LogP) is 1.32. The maximum atomic E-state index is 12.4. The molecule has 0 spiro atoms. The second-order valence-corrected chi connectivity index (χ2v) is 6.04. The van der Waals surface area contributed by atoms with E-state index in [2.05, 4.69) is 15.4 Å². The normalized spacial score (nSPS) is 17.1. The Hall–Kier alpha value is -2.61. The molecule has 1 aliphatic heterocycles. The van der Waals surface area contributed by atoms with E-state index in [1.807, 2.05) is 43.3 Å². The third-order valence-corrected chi connectivity index (χ3v) is 4.09. The van der Waals surface area contributed by atoms with E-state index in [0.717, 1.165) is 18.5 Å². The van der Waals surface area contributed by atoms with Gasteiger partial charge in [-0.2, -0.15) is 4.98 Å². The summed E-state index contributed by atoms with van der Waals surface area (Å²) >= 11 is 0. The quantitative estimate of drug-likeness (QED) is 0.883. The fourth-order valence-electron chi connectivity index (χ4n) is 2.80. The minimum Gasteiger partial charge on any atom is -0.394 e. The standard InChI is InChI=1S/C16H22N6O2/c1-20(2)15-17-11-22(19-15)13-6-3-5-12(9-13)18-16(24)21-8-4-7-14(21)10-23/h3,5-6,9,11,14,23H,4,7-8,10H2,1-2H3,(H,18,24)/t14-/m1/s1. The monoisotopic (exact) mass is 330 g/mol. The van der Waals surface area contributed by atoms with Gasteiger partial charge >= 0.3 is 6.03 Å². The Morgan fingerprint density at radius 3 is 3.00 bits per heavy atom. The van der Waals surface area contributed by atoms with E-state index in [-0.39, 0.29) is 18.7 Å². The van der Waals surface area contributed by atoms with Crippen molar-refractivity contribution in [3.8, 4) is 5.69 Å². The highest BCUT2D eigenvalue weighted by Gasteiger charge is 2.28. The minimum atomic E-state index is -0.184. The number of hydrogen-bond donors (Lipinski definition) is 2. The fraction of sp³-hybridized carbons (Fsp3) is 0.438. The van der Waals surface area contributed by atoms with Crippen molar-refractivity contribution in [2.45, 2.75) is 18.9 Å². The molecule has 1 aromatic carbocycles. The van der Waals surface area contributed by atoms with Crippen molar-refractivity contribution in [3.05, 3.63) is 30.6 Å². The number of aromatic nitrogens is 3. The van der Waals surface area contributed by atoms with E-state index >= 15 is 0 Å². The zero-order chi connectivity index (χ0) is 17.1. The first-order chi connectivity index (χ1) is 11.6. The number of urea groups is 1. The first kappa shape index (κ1) is 16.3. The van der Waals surface area contributed by atoms with E-state index in [0.29, 0.717) is 18.2 Å². The van der Waals surface area contributed by atoms with Crippen molar-refractivity contribution in [2.75, 3.05) is 37.5 Å². The molecule has 24 heavy (non-hydrogen) atoms. The highest BCUT2D eigenvalue weighted by molar-refractivity contribution is 5.90. The van der Waals surface area contributed by atoms with Crippen LogP contribution in [0.15, 0.2) is 30.6 Å². The van der Waals surface area contributed by atoms with Crippen molar-refractivity contribution in [2.24, 2.45) is 0 Å². The van der Waals surface area contributed by atoms with Crippen molar-refractivity contribution in [3.63, 3.8) is 0 Å². The molecular weight excluding hydrogens is 308 g/mol. The maximum Gasteiger partial charge on any atom is 0.322 e. The van der Waals surface area contributed by atoms with Gasteiger partial charge in [0.05, 0.1) is 18.3 Å². The Bertz CT molecular complexity index is 714. The van der Waals surface area contributed by atoms with Crippen LogP contribution in [0.4, 0.5) is 16.4 Å². The molecule has 2 amide bonds. The molecule has 0 aliphatic carbocycles. The summed E-state index contributed by atoms with van der Waals surface area (Å²) in [6.07, 6.45) is 3.40. The molecule has 1 aliphatic rings. The Balaban J connectivity index is 1.74. The molecule has 1 fully saturated rings. The molecule has 128 valence electrons. The van der Waals surface area contributed by atoms with Gasteiger partial charge in [0.2, 0.25) is 5.95 Å². The Labute approximate surface area is 140 Å². The first-order valence-corrected chi connectivity index (χ1v) is 7.96. The van der Waals surface area contributed by atoms with Gasteiger partial charge in [-0.25, -0.2) is 9.48 Å². The molecule has 0 unspecified atom stereocenters. The van der Waals surface area contributed by atoms with Gasteiger partial charge in [0, 0.05) is 26.3 Å². The molecule has 8 nitrogen and oxygen atoms in total. The molecule has 1 saturated heterocycles. The van der Waals surface area contributed by atoms with Crippen LogP contribution in [0.3, 0.4) is 0 Å². The van der Waals surface area contributed by atoms with Crippen LogP contribution >= 0.6 is 0 Å². The lowest BCUT2D eigenvalue weighted by Crippen LogP contribution is -2.40. The lowest BCUT2D eigenvalue weighted by Gasteiger charge is -2.23. The Morgan fingerprint density at radius 1 is 1.46 bits per heavy atom. The predicted molar refractivity (Wildman–Crippen MR) is 91.5 cm³/mol. The van der Waals surface area contributed by atoms with Crippen LogP contribution in [0, 0.1) is 0 Å². The van der Waals surface area contributed by atoms with Crippen LogP contribution in [0.25, 0.3) is 5.69 Å². The number of hydrogen-bond acceptors (Lipinski definition) is 5. The highest BCUT2D eigenvalue weighted by Crippen LogP contribution is 2.20. The number of likely N-dealkylation sites (tertiary alicyclic amines) is 1. The van der Waals surface area contributed by atoms with Crippen LogP contribution < -0.4 is 10.2 Å². The van der Waals surface area contributed by atoms with E-state index in [9.17, 15) is 9.90 Å². The molecule has 0 saturated carbocycles. The molecule has 2 heterocycles. The van der Waals surface area contributed by atoms with Gasteiger partial charge in [0.25, 0.3) is 0 Å². The summed E-state index contributed by atoms with van der Waals surface area (Å²) < 4.78 is 1.66. The Morgan fingerprint density at radius 2 is 2.29 bits per heavy atom. The lowest BCUT2D eigenvalue weighted by atomic mass is 10.2. The third-order valence-electron chi connectivity index (χ3n) is 4.09. The number of amides is 2. The number of nitrogens with one attached hydrogen (secondary N) is 1. The van der Waals surface area contributed by atoms with E-state index in [4.69, 9.17) is 0 Å². The number of carbonyl (C=O) groups excluding carboxylic acids is 1. The van der Waals surface area contributed by atoms with E-state index in [1.54, 1.807) is 15.9 Å². The summed E-state index contributed by atoms with van der Waals surface area (Å²) in [6.45, 7) is 0.672. The topological polar surface area (TPSA) is 86.5 Å². The third kappa shape index (κ3) is 3.33. The van der Waals surface area contributed by atoms with Crippen LogP contribution in [-0.4, -0.2) is 64.1 Å². The smallest absolute Gasteiger partial charge is 0.322 e. The molecule has 1 aromatic heterocycles. The summed E-state index contributed by atoms with van der Waals surface area (Å²) in [5.41, 5.74) is 1.50. The van der Waals surface area contributed by atoms with Gasteiger partial charge in [0.1, 0.15) is 6.33 Å². The molecule has 2 N–H and O–H groups in total. The molecule has 3 rings (SSSR count). The summed E-state index contributed by atoms with van der Waals surface area (Å²) in [4.78, 5) is 20.1. The van der Waals surface area contributed by atoms with Gasteiger partial charge in [0.15, 0.2) is 0 Å². The molecule has 2 aromatic rings. The van der Waals surface area contributed by atoms with Gasteiger partial charge in [-0.15, -0.1) is 5.10 Å². The van der Waals surface area contributed by atoms with Crippen molar-refractivity contribution in [1.82, 2.24) is 19.7 Å². The number of rotatable bonds is 4. The molecule has 1 atom stereocenters. The van der Waals surface area contributed by atoms with Gasteiger partial charge < -0.3 is 20.2 Å². The Kier molecular flexibility index (Phi) is 4.66. The number of aliphatic hydroxyl groups excluding tert-OH is 1. The highest BCUT2D eigenvalue weighted by atomic mass is 16.3. The number of carbonyl (C=O) groups is 1.